The lowest BCUT2D eigenvalue weighted by molar-refractivity contribution is -0.149. The molecule has 1 saturated carbocycles. The number of para-hydroxylation sites is 1. The number of carbonyl (C=O) groups is 1. The number of halogens is 1. The molecule has 0 heterocycles. The van der Waals surface area contributed by atoms with Gasteiger partial charge in [-0.1, -0.05) is 18.2 Å². The molecule has 1 fully saturated rings. The molecule has 0 aromatic heterocycles. The monoisotopic (exact) mass is 503 g/mol. The van der Waals surface area contributed by atoms with Crippen LogP contribution in [-0.4, -0.2) is 43.8 Å². The Labute approximate surface area is 185 Å². The number of esters is 1. The van der Waals surface area contributed by atoms with Crippen LogP contribution in [0.5, 0.6) is 5.75 Å². The van der Waals surface area contributed by atoms with E-state index in [1.54, 1.807) is 0 Å². The van der Waals surface area contributed by atoms with Crippen molar-refractivity contribution in [1.82, 2.24) is 10.6 Å². The number of carbonyl (C=O) groups excluding carboxylic acids is 1. The number of guanidine groups is 1. The fraction of sp³-hybridized carbons (Fsp3) is 0.619. The number of nitrogens with zero attached hydrogens (tertiary/aromatic N) is 1. The number of hydrogen-bond donors (Lipinski definition) is 2. The Morgan fingerprint density at radius 1 is 1.18 bits per heavy atom. The highest BCUT2D eigenvalue weighted by atomic mass is 127. The standard InChI is InChI=1S/C21H33N3O3.HI/c1-4-22-21(23-15-16(3)27-19-9-7-6-8-10-19)24-18-13-11-17(12-14-18)20(25)26-5-2;/h6-10,16-18H,4-5,11-15H2,1-3H3,(H2,22,23,24);1H. The average Bonchev–Trinajstić information content (AvgIpc) is 2.68. The van der Waals surface area contributed by atoms with Crippen molar-refractivity contribution < 1.29 is 14.3 Å². The minimum Gasteiger partial charge on any atom is -0.489 e. The van der Waals surface area contributed by atoms with Crippen LogP contribution in [0.3, 0.4) is 0 Å². The first-order valence-corrected chi connectivity index (χ1v) is 10.1. The Balaban J connectivity index is 0.00000392. The zero-order valence-corrected chi connectivity index (χ0v) is 19.5. The van der Waals surface area contributed by atoms with Gasteiger partial charge in [-0.2, -0.15) is 0 Å². The van der Waals surface area contributed by atoms with Crippen LogP contribution in [0.25, 0.3) is 0 Å². The zero-order valence-electron chi connectivity index (χ0n) is 17.1. The summed E-state index contributed by atoms with van der Waals surface area (Å²) in [6.45, 7) is 7.76. The van der Waals surface area contributed by atoms with Crippen molar-refractivity contribution >= 4 is 35.9 Å². The normalized spacial score (nSPS) is 20.5. The van der Waals surface area contributed by atoms with Gasteiger partial charge in [0.1, 0.15) is 11.9 Å². The first-order valence-electron chi connectivity index (χ1n) is 10.1. The fourth-order valence-corrected chi connectivity index (χ4v) is 3.24. The molecular weight excluding hydrogens is 469 g/mol. The molecule has 2 rings (SSSR count). The van der Waals surface area contributed by atoms with E-state index in [2.05, 4.69) is 22.5 Å². The van der Waals surface area contributed by atoms with Crippen molar-refractivity contribution in [3.05, 3.63) is 30.3 Å². The molecule has 2 N–H and O–H groups in total. The summed E-state index contributed by atoms with van der Waals surface area (Å²) in [5.41, 5.74) is 0. The van der Waals surface area contributed by atoms with E-state index in [4.69, 9.17) is 9.47 Å². The second-order valence-electron chi connectivity index (χ2n) is 6.91. The van der Waals surface area contributed by atoms with Gasteiger partial charge in [0.15, 0.2) is 5.96 Å². The van der Waals surface area contributed by atoms with E-state index in [-0.39, 0.29) is 42.0 Å². The molecule has 158 valence electrons. The smallest absolute Gasteiger partial charge is 0.308 e. The minimum atomic E-state index is -0.0524. The number of nitrogens with one attached hydrogen (secondary N) is 2. The van der Waals surface area contributed by atoms with Crippen molar-refractivity contribution in [2.24, 2.45) is 10.9 Å². The van der Waals surface area contributed by atoms with Gasteiger partial charge < -0.3 is 20.1 Å². The summed E-state index contributed by atoms with van der Waals surface area (Å²) >= 11 is 0. The van der Waals surface area contributed by atoms with Gasteiger partial charge in [-0.3, -0.25) is 4.79 Å². The molecular formula is C21H34IN3O3. The molecule has 0 amide bonds. The largest absolute Gasteiger partial charge is 0.489 e. The lowest BCUT2D eigenvalue weighted by atomic mass is 9.86. The lowest BCUT2D eigenvalue weighted by Gasteiger charge is -2.29. The maximum atomic E-state index is 11.9. The van der Waals surface area contributed by atoms with Crippen LogP contribution in [0.15, 0.2) is 35.3 Å². The average molecular weight is 503 g/mol. The van der Waals surface area contributed by atoms with Crippen LogP contribution in [0, 0.1) is 5.92 Å². The number of hydrogen-bond acceptors (Lipinski definition) is 4. The van der Waals surface area contributed by atoms with Crippen LogP contribution in [0.1, 0.15) is 46.5 Å². The molecule has 0 saturated heterocycles. The minimum absolute atomic E-state index is 0. The van der Waals surface area contributed by atoms with Gasteiger partial charge in [-0.15, -0.1) is 24.0 Å². The van der Waals surface area contributed by atoms with Gasteiger partial charge in [0.2, 0.25) is 0 Å². The third-order valence-electron chi connectivity index (χ3n) is 4.62. The Morgan fingerprint density at radius 3 is 2.46 bits per heavy atom. The molecule has 7 heteroatoms. The maximum absolute atomic E-state index is 11.9. The summed E-state index contributed by atoms with van der Waals surface area (Å²) in [4.78, 5) is 16.5. The molecule has 28 heavy (non-hydrogen) atoms. The van der Waals surface area contributed by atoms with Crippen molar-refractivity contribution in [2.45, 2.75) is 58.6 Å². The van der Waals surface area contributed by atoms with Gasteiger partial charge in [0.25, 0.3) is 0 Å². The first-order chi connectivity index (χ1) is 13.1. The molecule has 1 atom stereocenters. The van der Waals surface area contributed by atoms with Crippen molar-refractivity contribution in [1.29, 1.82) is 0 Å². The molecule has 0 aliphatic heterocycles. The summed E-state index contributed by atoms with van der Waals surface area (Å²) in [6, 6.07) is 10.1. The molecule has 1 aromatic carbocycles. The number of aliphatic imine (C=N–C) groups is 1. The SMILES string of the molecule is CCNC(=NCC(C)Oc1ccccc1)NC1CCC(C(=O)OCC)CC1.I. The van der Waals surface area contributed by atoms with Crippen LogP contribution in [0.2, 0.25) is 0 Å². The molecule has 1 unspecified atom stereocenters. The molecule has 0 bridgehead atoms. The topological polar surface area (TPSA) is 72.0 Å². The van der Waals surface area contributed by atoms with E-state index in [1.807, 2.05) is 44.2 Å². The van der Waals surface area contributed by atoms with Crippen LogP contribution in [0.4, 0.5) is 0 Å². The van der Waals surface area contributed by atoms with Crippen LogP contribution >= 0.6 is 24.0 Å². The fourth-order valence-electron chi connectivity index (χ4n) is 3.24. The Bertz CT molecular complexity index is 590. The predicted octanol–water partition coefficient (Wildman–Crippen LogP) is 3.75. The Morgan fingerprint density at radius 2 is 1.86 bits per heavy atom. The van der Waals surface area contributed by atoms with E-state index >= 15 is 0 Å². The second-order valence-corrected chi connectivity index (χ2v) is 6.91. The van der Waals surface area contributed by atoms with E-state index in [1.165, 1.54) is 0 Å². The van der Waals surface area contributed by atoms with Crippen molar-refractivity contribution in [3.8, 4) is 5.75 Å². The quantitative estimate of drug-likeness (QED) is 0.245. The molecule has 1 aliphatic carbocycles. The van der Waals surface area contributed by atoms with E-state index < -0.39 is 0 Å². The summed E-state index contributed by atoms with van der Waals surface area (Å²) in [5, 5.41) is 6.79. The Kier molecular flexibility index (Phi) is 11.9. The zero-order chi connectivity index (χ0) is 19.5. The molecule has 1 aliphatic rings. The van der Waals surface area contributed by atoms with E-state index in [9.17, 15) is 4.79 Å². The summed E-state index contributed by atoms with van der Waals surface area (Å²) in [7, 11) is 0. The molecule has 1 aromatic rings. The van der Waals surface area contributed by atoms with Gasteiger partial charge >= 0.3 is 5.97 Å². The summed E-state index contributed by atoms with van der Waals surface area (Å²) < 4.78 is 11.0. The van der Waals surface area contributed by atoms with Crippen molar-refractivity contribution in [2.75, 3.05) is 19.7 Å². The van der Waals surface area contributed by atoms with Crippen LogP contribution in [-0.2, 0) is 9.53 Å². The van der Waals surface area contributed by atoms with E-state index in [0.29, 0.717) is 19.2 Å². The highest BCUT2D eigenvalue weighted by molar-refractivity contribution is 14.0. The van der Waals surface area contributed by atoms with Crippen molar-refractivity contribution in [3.63, 3.8) is 0 Å². The number of benzene rings is 1. The summed E-state index contributed by atoms with van der Waals surface area (Å²) in [6.07, 6.45) is 3.61. The maximum Gasteiger partial charge on any atom is 0.308 e. The number of ether oxygens (including phenoxy) is 2. The lowest BCUT2D eigenvalue weighted by Crippen LogP contribution is -2.45. The highest BCUT2D eigenvalue weighted by Gasteiger charge is 2.27. The highest BCUT2D eigenvalue weighted by Crippen LogP contribution is 2.25. The summed E-state index contributed by atoms with van der Waals surface area (Å²) in [5.74, 6) is 1.65. The van der Waals surface area contributed by atoms with Gasteiger partial charge in [0, 0.05) is 12.6 Å². The Hall–Kier alpha value is -1.51. The van der Waals surface area contributed by atoms with Crippen LogP contribution < -0.4 is 15.4 Å². The second kappa shape index (κ2) is 13.6. The third kappa shape index (κ3) is 8.67. The predicted molar refractivity (Wildman–Crippen MR) is 123 cm³/mol. The third-order valence-corrected chi connectivity index (χ3v) is 4.62. The molecule has 0 spiro atoms. The molecule has 0 radical (unpaired) electrons. The van der Waals surface area contributed by atoms with E-state index in [0.717, 1.165) is 43.9 Å². The van der Waals surface area contributed by atoms with Gasteiger partial charge in [-0.25, -0.2) is 4.99 Å². The molecule has 6 nitrogen and oxygen atoms in total. The van der Waals surface area contributed by atoms with Gasteiger partial charge in [-0.05, 0) is 58.6 Å². The first kappa shape index (κ1) is 24.5. The van der Waals surface area contributed by atoms with Gasteiger partial charge in [0.05, 0.1) is 19.1 Å². The number of rotatable bonds is 8.